The second-order valence-corrected chi connectivity index (χ2v) is 5.91. The molecule has 0 saturated carbocycles. The molecule has 0 aliphatic carbocycles. The van der Waals surface area contributed by atoms with Crippen molar-refractivity contribution >= 4 is 11.6 Å². The number of pyridine rings is 1. The van der Waals surface area contributed by atoms with Gasteiger partial charge in [-0.3, -0.25) is 0 Å². The van der Waals surface area contributed by atoms with E-state index in [1.807, 2.05) is 48.0 Å². The summed E-state index contributed by atoms with van der Waals surface area (Å²) in [6.45, 7) is 2.46. The smallest absolute Gasteiger partial charge is 0.221 e. The van der Waals surface area contributed by atoms with Crippen LogP contribution >= 0.6 is 11.6 Å². The van der Waals surface area contributed by atoms with Crippen LogP contribution in [0, 0.1) is 6.92 Å². The molecule has 0 aliphatic rings. The number of aliphatic hydroxyl groups excluding tert-OH is 1. The molecule has 2 aromatic heterocycles. The number of imidazole rings is 1. The zero-order valence-corrected chi connectivity index (χ0v) is 14.3. The fourth-order valence-corrected chi connectivity index (χ4v) is 2.80. The molecule has 6 heteroatoms. The Morgan fingerprint density at radius 3 is 2.79 bits per heavy atom. The minimum Gasteiger partial charge on any atom is -0.481 e. The lowest BCUT2D eigenvalue weighted by molar-refractivity contribution is 0.277. The zero-order chi connectivity index (χ0) is 17.1. The van der Waals surface area contributed by atoms with Crippen molar-refractivity contribution in [2.45, 2.75) is 20.1 Å². The second kappa shape index (κ2) is 7.03. The van der Waals surface area contributed by atoms with Crippen LogP contribution in [0.1, 0.15) is 17.1 Å². The molecule has 0 bridgehead atoms. The Morgan fingerprint density at radius 1 is 1.29 bits per heavy atom. The van der Waals surface area contributed by atoms with E-state index in [1.165, 1.54) is 0 Å². The molecule has 0 atom stereocenters. The number of methoxy groups -OCH3 is 1. The van der Waals surface area contributed by atoms with E-state index in [2.05, 4.69) is 9.97 Å². The first-order valence-corrected chi connectivity index (χ1v) is 7.91. The highest BCUT2D eigenvalue weighted by molar-refractivity contribution is 6.30. The summed E-state index contributed by atoms with van der Waals surface area (Å²) in [6.07, 6.45) is 3.63. The van der Waals surface area contributed by atoms with E-state index >= 15 is 0 Å². The largest absolute Gasteiger partial charge is 0.481 e. The highest BCUT2D eigenvalue weighted by atomic mass is 35.5. The molecule has 0 unspecified atom stereocenters. The number of aryl methyl sites for hydroxylation is 1. The fraction of sp³-hybridized carbons (Fsp3) is 0.222. The molecule has 0 saturated heterocycles. The molecule has 2 heterocycles. The summed E-state index contributed by atoms with van der Waals surface area (Å²) in [4.78, 5) is 8.71. The van der Waals surface area contributed by atoms with Gasteiger partial charge in [0.15, 0.2) is 0 Å². The van der Waals surface area contributed by atoms with Crippen molar-refractivity contribution in [3.8, 4) is 17.0 Å². The first kappa shape index (κ1) is 16.5. The van der Waals surface area contributed by atoms with Gasteiger partial charge in [0.2, 0.25) is 5.88 Å². The van der Waals surface area contributed by atoms with Crippen LogP contribution in [0.2, 0.25) is 5.02 Å². The number of ether oxygens (including phenoxy) is 1. The van der Waals surface area contributed by atoms with Gasteiger partial charge in [-0.15, -0.1) is 0 Å². The first-order valence-electron chi connectivity index (χ1n) is 7.53. The van der Waals surface area contributed by atoms with Crippen molar-refractivity contribution in [3.05, 3.63) is 64.8 Å². The Bertz CT molecular complexity index is 861. The lowest BCUT2D eigenvalue weighted by Crippen LogP contribution is -2.02. The lowest BCUT2D eigenvalue weighted by Gasteiger charge is -2.11. The molecular weight excluding hydrogens is 326 g/mol. The minimum atomic E-state index is -0.0670. The maximum atomic E-state index is 9.21. The molecule has 3 rings (SSSR count). The molecule has 0 spiro atoms. The molecule has 1 N–H and O–H groups in total. The zero-order valence-electron chi connectivity index (χ0n) is 13.5. The van der Waals surface area contributed by atoms with Crippen LogP contribution in [0.25, 0.3) is 11.1 Å². The normalized spacial score (nSPS) is 10.8. The predicted octanol–water partition coefficient (Wildman–Crippen LogP) is 3.46. The molecule has 24 heavy (non-hydrogen) atoms. The van der Waals surface area contributed by atoms with Crippen LogP contribution in [0.5, 0.6) is 5.88 Å². The van der Waals surface area contributed by atoms with E-state index < -0.39 is 0 Å². The summed E-state index contributed by atoms with van der Waals surface area (Å²) in [5.41, 5.74) is 3.50. The highest BCUT2D eigenvalue weighted by Gasteiger charge is 2.11. The summed E-state index contributed by atoms with van der Waals surface area (Å²) >= 11 is 6.10. The van der Waals surface area contributed by atoms with Crippen molar-refractivity contribution in [1.29, 1.82) is 0 Å². The molecule has 1 aromatic carbocycles. The fourth-order valence-electron chi connectivity index (χ4n) is 2.61. The number of hydrogen-bond donors (Lipinski definition) is 1. The standard InChI is InChI=1S/C18H18ClN3O2/c1-12-21-16(11-23)10-22(12)9-13-6-17(18(24-2)20-8-13)14-4-3-5-15(19)7-14/h3-8,10,23H,9,11H2,1-2H3. The average Bonchev–Trinajstić information content (AvgIpc) is 2.95. The third-order valence-corrected chi connectivity index (χ3v) is 4.01. The van der Waals surface area contributed by atoms with Gasteiger partial charge in [0, 0.05) is 23.0 Å². The Morgan fingerprint density at radius 2 is 2.12 bits per heavy atom. The monoisotopic (exact) mass is 343 g/mol. The van der Waals surface area contributed by atoms with Crippen LogP contribution in [0.3, 0.4) is 0 Å². The van der Waals surface area contributed by atoms with Crippen molar-refractivity contribution in [2.24, 2.45) is 0 Å². The Hall–Kier alpha value is -2.37. The van der Waals surface area contributed by atoms with Crippen LogP contribution in [-0.4, -0.2) is 26.8 Å². The van der Waals surface area contributed by atoms with Gasteiger partial charge < -0.3 is 14.4 Å². The van der Waals surface area contributed by atoms with E-state index in [9.17, 15) is 5.11 Å². The van der Waals surface area contributed by atoms with Crippen molar-refractivity contribution < 1.29 is 9.84 Å². The van der Waals surface area contributed by atoms with Gasteiger partial charge >= 0.3 is 0 Å². The lowest BCUT2D eigenvalue weighted by atomic mass is 10.1. The molecule has 0 radical (unpaired) electrons. The van der Waals surface area contributed by atoms with Gasteiger partial charge in [0.05, 0.1) is 26.0 Å². The number of halogens is 1. The molecule has 0 fully saturated rings. The topological polar surface area (TPSA) is 60.2 Å². The SMILES string of the molecule is COc1ncc(Cn2cc(CO)nc2C)cc1-c1cccc(Cl)c1. The molecule has 5 nitrogen and oxygen atoms in total. The van der Waals surface area contributed by atoms with Gasteiger partial charge in [0.1, 0.15) is 5.82 Å². The van der Waals surface area contributed by atoms with E-state index in [4.69, 9.17) is 16.3 Å². The average molecular weight is 344 g/mol. The van der Waals surface area contributed by atoms with Crippen molar-refractivity contribution in [3.63, 3.8) is 0 Å². The summed E-state index contributed by atoms with van der Waals surface area (Å²) in [5, 5.41) is 9.88. The quantitative estimate of drug-likeness (QED) is 0.770. The van der Waals surface area contributed by atoms with E-state index in [1.54, 1.807) is 13.3 Å². The summed E-state index contributed by atoms with van der Waals surface area (Å²) < 4.78 is 7.37. The third kappa shape index (κ3) is 3.42. The number of nitrogens with zero attached hydrogens (tertiary/aromatic N) is 3. The van der Waals surface area contributed by atoms with Gasteiger partial charge in [-0.2, -0.15) is 0 Å². The highest BCUT2D eigenvalue weighted by Crippen LogP contribution is 2.30. The number of rotatable bonds is 5. The van der Waals surface area contributed by atoms with E-state index in [0.717, 1.165) is 22.5 Å². The summed E-state index contributed by atoms with van der Waals surface area (Å²) in [5.74, 6) is 1.40. The van der Waals surface area contributed by atoms with E-state index in [-0.39, 0.29) is 6.61 Å². The molecule has 0 aliphatic heterocycles. The first-order chi connectivity index (χ1) is 11.6. The molecule has 0 amide bonds. The Labute approximate surface area is 145 Å². The van der Waals surface area contributed by atoms with Crippen LogP contribution in [0.4, 0.5) is 0 Å². The van der Waals surface area contributed by atoms with Gasteiger partial charge in [-0.25, -0.2) is 9.97 Å². The molecular formula is C18H18ClN3O2. The van der Waals surface area contributed by atoms with Crippen LogP contribution in [-0.2, 0) is 13.2 Å². The van der Waals surface area contributed by atoms with Crippen molar-refractivity contribution in [1.82, 2.24) is 14.5 Å². The van der Waals surface area contributed by atoms with Gasteiger partial charge in [-0.1, -0.05) is 23.7 Å². The van der Waals surface area contributed by atoms with Crippen LogP contribution in [0.15, 0.2) is 42.7 Å². The third-order valence-electron chi connectivity index (χ3n) is 3.78. The molecule has 3 aromatic rings. The number of hydrogen-bond acceptors (Lipinski definition) is 4. The molecule has 124 valence electrons. The van der Waals surface area contributed by atoms with Gasteiger partial charge in [-0.05, 0) is 36.2 Å². The summed E-state index contributed by atoms with van der Waals surface area (Å²) in [6, 6.07) is 9.63. The number of aliphatic hydroxyl groups is 1. The maximum absolute atomic E-state index is 9.21. The van der Waals surface area contributed by atoms with Gasteiger partial charge in [0.25, 0.3) is 0 Å². The second-order valence-electron chi connectivity index (χ2n) is 5.48. The van der Waals surface area contributed by atoms with Crippen LogP contribution < -0.4 is 4.74 Å². The summed E-state index contributed by atoms with van der Waals surface area (Å²) in [7, 11) is 1.60. The van der Waals surface area contributed by atoms with Crippen molar-refractivity contribution in [2.75, 3.05) is 7.11 Å². The van der Waals surface area contributed by atoms with E-state index in [0.29, 0.717) is 23.1 Å². The number of aromatic nitrogens is 3. The predicted molar refractivity (Wildman–Crippen MR) is 93.2 cm³/mol. The maximum Gasteiger partial charge on any atom is 0.221 e. The Balaban J connectivity index is 1.98. The number of benzene rings is 1. The minimum absolute atomic E-state index is 0.0670. The Kier molecular flexibility index (Phi) is 4.83.